The first kappa shape index (κ1) is 18.1. The SMILES string of the molecule is COc1ccc(-c2cc(=O)c3c(O)c(OC)c(OCC(=O)O)cc3o2)cc1. The quantitative estimate of drug-likeness (QED) is 0.678. The number of carbonyl (C=O) groups is 1. The monoisotopic (exact) mass is 372 g/mol. The number of fused-ring (bicyclic) bond motifs is 1. The topological polar surface area (TPSA) is 115 Å². The average molecular weight is 372 g/mol. The van der Waals surface area contributed by atoms with Gasteiger partial charge in [0.1, 0.15) is 22.5 Å². The number of hydrogen-bond donors (Lipinski definition) is 2. The summed E-state index contributed by atoms with van der Waals surface area (Å²) in [4.78, 5) is 23.3. The van der Waals surface area contributed by atoms with Crippen molar-refractivity contribution in [1.29, 1.82) is 0 Å². The number of aliphatic carboxylic acids is 1. The Kier molecular flexibility index (Phi) is 4.89. The number of methoxy groups -OCH3 is 2. The van der Waals surface area contributed by atoms with Crippen LogP contribution in [0.4, 0.5) is 0 Å². The lowest BCUT2D eigenvalue weighted by molar-refractivity contribution is -0.139. The molecule has 0 atom stereocenters. The van der Waals surface area contributed by atoms with E-state index >= 15 is 0 Å². The Labute approximate surface area is 153 Å². The highest BCUT2D eigenvalue weighted by Gasteiger charge is 2.20. The summed E-state index contributed by atoms with van der Waals surface area (Å²) in [6.45, 7) is -0.649. The van der Waals surface area contributed by atoms with Gasteiger partial charge in [-0.25, -0.2) is 4.79 Å². The third kappa shape index (κ3) is 3.50. The maximum atomic E-state index is 12.5. The van der Waals surface area contributed by atoms with E-state index in [1.165, 1.54) is 19.2 Å². The van der Waals surface area contributed by atoms with Gasteiger partial charge in [0.05, 0.1) is 14.2 Å². The number of carboxylic acids is 1. The number of phenols is 1. The zero-order valence-electron chi connectivity index (χ0n) is 14.5. The second kappa shape index (κ2) is 7.28. The van der Waals surface area contributed by atoms with Gasteiger partial charge in [0, 0.05) is 17.7 Å². The third-order valence-corrected chi connectivity index (χ3v) is 3.84. The van der Waals surface area contributed by atoms with E-state index in [4.69, 9.17) is 23.7 Å². The van der Waals surface area contributed by atoms with Crippen LogP contribution in [0.1, 0.15) is 0 Å². The van der Waals surface area contributed by atoms with Crippen molar-refractivity contribution >= 4 is 16.9 Å². The first-order chi connectivity index (χ1) is 12.9. The average Bonchev–Trinajstić information content (AvgIpc) is 2.66. The maximum Gasteiger partial charge on any atom is 0.341 e. The molecule has 27 heavy (non-hydrogen) atoms. The van der Waals surface area contributed by atoms with Crippen LogP contribution in [0, 0.1) is 0 Å². The number of hydrogen-bond acceptors (Lipinski definition) is 7. The normalized spacial score (nSPS) is 10.6. The molecule has 0 aliphatic heterocycles. The molecule has 2 aromatic carbocycles. The molecule has 1 aromatic heterocycles. The lowest BCUT2D eigenvalue weighted by Gasteiger charge is -2.13. The molecule has 0 aliphatic rings. The summed E-state index contributed by atoms with van der Waals surface area (Å²) in [5.74, 6) is -0.971. The molecule has 8 nitrogen and oxygen atoms in total. The minimum atomic E-state index is -1.20. The lowest BCUT2D eigenvalue weighted by atomic mass is 10.1. The van der Waals surface area contributed by atoms with Crippen molar-refractivity contribution in [2.24, 2.45) is 0 Å². The number of ether oxygens (including phenoxy) is 3. The van der Waals surface area contributed by atoms with Crippen LogP contribution in [0.3, 0.4) is 0 Å². The summed E-state index contributed by atoms with van der Waals surface area (Å²) in [6, 6.07) is 9.42. The summed E-state index contributed by atoms with van der Waals surface area (Å²) in [7, 11) is 2.81. The van der Waals surface area contributed by atoms with Crippen LogP contribution in [-0.2, 0) is 4.79 Å². The second-order valence-corrected chi connectivity index (χ2v) is 5.52. The first-order valence-electron chi connectivity index (χ1n) is 7.81. The highest BCUT2D eigenvalue weighted by atomic mass is 16.5. The molecule has 3 aromatic rings. The molecule has 0 spiro atoms. The summed E-state index contributed by atoms with van der Waals surface area (Å²) < 4.78 is 21.0. The summed E-state index contributed by atoms with van der Waals surface area (Å²) in [5.41, 5.74) is 0.174. The molecule has 8 heteroatoms. The Bertz CT molecular complexity index is 1050. The number of phenolic OH excluding ortho intramolecular Hbond substituents is 1. The Hall–Kier alpha value is -3.68. The number of carboxylic acid groups (broad SMARTS) is 1. The molecule has 0 radical (unpaired) electrons. The van der Waals surface area contributed by atoms with Crippen molar-refractivity contribution in [2.75, 3.05) is 20.8 Å². The number of aromatic hydroxyl groups is 1. The molecule has 0 bridgehead atoms. The zero-order chi connectivity index (χ0) is 19.6. The Morgan fingerprint density at radius 2 is 1.81 bits per heavy atom. The van der Waals surface area contributed by atoms with Crippen LogP contribution in [0.25, 0.3) is 22.3 Å². The molecule has 0 aliphatic carbocycles. The molecular weight excluding hydrogens is 356 g/mol. The largest absolute Gasteiger partial charge is 0.504 e. The van der Waals surface area contributed by atoms with E-state index in [1.54, 1.807) is 31.4 Å². The third-order valence-electron chi connectivity index (χ3n) is 3.84. The van der Waals surface area contributed by atoms with Crippen molar-refractivity contribution in [3.05, 3.63) is 46.6 Å². The predicted molar refractivity (Wildman–Crippen MR) is 95.8 cm³/mol. The molecule has 0 amide bonds. The predicted octanol–water partition coefficient (Wildman–Crippen LogP) is 2.65. The Morgan fingerprint density at radius 1 is 1.11 bits per heavy atom. The molecule has 3 rings (SSSR count). The van der Waals surface area contributed by atoms with Gasteiger partial charge in [-0.05, 0) is 24.3 Å². The smallest absolute Gasteiger partial charge is 0.341 e. The van der Waals surface area contributed by atoms with Crippen molar-refractivity contribution in [3.63, 3.8) is 0 Å². The van der Waals surface area contributed by atoms with Crippen molar-refractivity contribution in [3.8, 4) is 34.3 Å². The van der Waals surface area contributed by atoms with E-state index in [1.807, 2.05) is 0 Å². The van der Waals surface area contributed by atoms with Gasteiger partial charge in [0.2, 0.25) is 5.75 Å². The van der Waals surface area contributed by atoms with E-state index in [0.717, 1.165) is 0 Å². The highest BCUT2D eigenvalue weighted by Crippen LogP contribution is 2.42. The van der Waals surface area contributed by atoms with Crippen molar-refractivity contribution < 1.29 is 33.6 Å². The number of rotatable bonds is 6. The van der Waals surface area contributed by atoms with Gasteiger partial charge < -0.3 is 28.8 Å². The summed E-state index contributed by atoms with van der Waals surface area (Å²) in [6.07, 6.45) is 0. The lowest BCUT2D eigenvalue weighted by Crippen LogP contribution is -2.10. The summed E-state index contributed by atoms with van der Waals surface area (Å²) >= 11 is 0. The molecule has 0 saturated heterocycles. The van der Waals surface area contributed by atoms with Gasteiger partial charge >= 0.3 is 5.97 Å². The van der Waals surface area contributed by atoms with Crippen LogP contribution in [0.2, 0.25) is 0 Å². The van der Waals surface area contributed by atoms with E-state index < -0.39 is 23.8 Å². The minimum absolute atomic E-state index is 0.0343. The van der Waals surface area contributed by atoms with E-state index in [0.29, 0.717) is 11.3 Å². The molecule has 2 N–H and O–H groups in total. The molecule has 0 unspecified atom stereocenters. The fourth-order valence-electron chi connectivity index (χ4n) is 2.60. The van der Waals surface area contributed by atoms with Gasteiger partial charge in [0.25, 0.3) is 0 Å². The summed E-state index contributed by atoms with van der Waals surface area (Å²) in [5, 5.41) is 19.1. The van der Waals surface area contributed by atoms with Gasteiger partial charge in [-0.15, -0.1) is 0 Å². The Morgan fingerprint density at radius 3 is 2.41 bits per heavy atom. The number of benzene rings is 2. The van der Waals surface area contributed by atoms with Gasteiger partial charge in [0.15, 0.2) is 23.5 Å². The van der Waals surface area contributed by atoms with Crippen LogP contribution < -0.4 is 19.6 Å². The first-order valence-corrected chi connectivity index (χ1v) is 7.81. The van der Waals surface area contributed by atoms with Crippen LogP contribution in [0.5, 0.6) is 23.0 Å². The molecule has 140 valence electrons. The van der Waals surface area contributed by atoms with Crippen molar-refractivity contribution in [2.45, 2.75) is 0 Å². The maximum absolute atomic E-state index is 12.5. The van der Waals surface area contributed by atoms with Crippen LogP contribution in [-0.4, -0.2) is 37.0 Å². The fourth-order valence-corrected chi connectivity index (χ4v) is 2.60. The van der Waals surface area contributed by atoms with Gasteiger partial charge in [-0.1, -0.05) is 0 Å². The fraction of sp³-hybridized carbons (Fsp3) is 0.158. The molecule has 0 fully saturated rings. The van der Waals surface area contributed by atoms with Crippen LogP contribution >= 0.6 is 0 Å². The van der Waals surface area contributed by atoms with E-state index in [-0.39, 0.29) is 28.2 Å². The van der Waals surface area contributed by atoms with E-state index in [2.05, 4.69) is 0 Å². The standard InChI is InChI=1S/C19H16O8/c1-24-11-5-3-10(4-6-11)13-7-12(20)17-14(27-13)8-15(26-9-16(21)22)19(25-2)18(17)23/h3-8,23H,9H2,1-2H3,(H,21,22). The molecular formula is C19H16O8. The van der Waals surface area contributed by atoms with Crippen LogP contribution in [0.15, 0.2) is 45.6 Å². The molecule has 1 heterocycles. The Balaban J connectivity index is 2.17. The highest BCUT2D eigenvalue weighted by molar-refractivity contribution is 5.89. The zero-order valence-corrected chi connectivity index (χ0v) is 14.5. The molecule has 0 saturated carbocycles. The van der Waals surface area contributed by atoms with E-state index in [9.17, 15) is 14.7 Å². The minimum Gasteiger partial charge on any atom is -0.504 e. The van der Waals surface area contributed by atoms with Gasteiger partial charge in [-0.3, -0.25) is 4.79 Å². The van der Waals surface area contributed by atoms with Crippen molar-refractivity contribution in [1.82, 2.24) is 0 Å². The van der Waals surface area contributed by atoms with Gasteiger partial charge in [-0.2, -0.15) is 0 Å². The second-order valence-electron chi connectivity index (χ2n) is 5.52.